The van der Waals surface area contributed by atoms with E-state index in [9.17, 15) is 9.18 Å². The molecule has 86 valence electrons. The van der Waals surface area contributed by atoms with Crippen LogP contribution in [0.1, 0.15) is 30.4 Å². The lowest BCUT2D eigenvalue weighted by Gasteiger charge is -2.43. The molecule has 1 fully saturated rings. The molecule has 0 bridgehead atoms. The van der Waals surface area contributed by atoms with Crippen LogP contribution in [-0.4, -0.2) is 17.2 Å². The van der Waals surface area contributed by atoms with Gasteiger partial charge in [0.15, 0.2) is 0 Å². The summed E-state index contributed by atoms with van der Waals surface area (Å²) in [6.07, 6.45) is -0.151. The van der Waals surface area contributed by atoms with Crippen molar-refractivity contribution in [1.29, 1.82) is 0 Å². The van der Waals surface area contributed by atoms with E-state index in [1.54, 1.807) is 0 Å². The van der Waals surface area contributed by atoms with Crippen LogP contribution < -0.4 is 0 Å². The predicted octanol–water partition coefficient (Wildman–Crippen LogP) is 2.84. The fraction of sp³-hybridized carbons (Fsp3) is 0.462. The number of carboxylic acids is 1. The lowest BCUT2D eigenvalue weighted by Crippen LogP contribution is -2.44. The van der Waals surface area contributed by atoms with Gasteiger partial charge in [-0.15, -0.1) is 0 Å². The first kappa shape index (κ1) is 11.1. The Morgan fingerprint density at radius 1 is 1.44 bits per heavy atom. The molecule has 16 heavy (non-hydrogen) atoms. The van der Waals surface area contributed by atoms with Crippen LogP contribution in [-0.2, 0) is 10.2 Å². The Kier molecular flexibility index (Phi) is 2.70. The molecule has 1 aromatic rings. The summed E-state index contributed by atoms with van der Waals surface area (Å²) in [5.74, 6) is -0.854. The second-order valence-electron chi connectivity index (χ2n) is 4.72. The van der Waals surface area contributed by atoms with E-state index in [2.05, 4.69) is 0 Å². The Morgan fingerprint density at radius 2 is 2.00 bits per heavy atom. The van der Waals surface area contributed by atoms with E-state index in [1.165, 1.54) is 0 Å². The number of hydrogen-bond donors (Lipinski definition) is 1. The van der Waals surface area contributed by atoms with Gasteiger partial charge in [0.05, 0.1) is 6.42 Å². The Morgan fingerprint density at radius 3 is 2.44 bits per heavy atom. The van der Waals surface area contributed by atoms with E-state index in [4.69, 9.17) is 5.11 Å². The first-order valence-electron chi connectivity index (χ1n) is 5.45. The second kappa shape index (κ2) is 3.89. The average Bonchev–Trinajstić information content (AvgIpc) is 2.15. The minimum atomic E-state index is -0.854. The number of aliphatic carboxylic acids is 1. The molecule has 1 N–H and O–H groups in total. The molecule has 3 heteroatoms. The van der Waals surface area contributed by atoms with Crippen molar-refractivity contribution in [3.05, 3.63) is 35.4 Å². The zero-order valence-corrected chi connectivity index (χ0v) is 9.24. The number of carboxylic acid groups (broad SMARTS) is 1. The van der Waals surface area contributed by atoms with Gasteiger partial charge in [0.2, 0.25) is 0 Å². The van der Waals surface area contributed by atoms with Gasteiger partial charge < -0.3 is 5.11 Å². The number of hydrogen-bond acceptors (Lipinski definition) is 1. The second-order valence-corrected chi connectivity index (χ2v) is 4.72. The maximum absolute atomic E-state index is 13.0. The van der Waals surface area contributed by atoms with Gasteiger partial charge in [0, 0.05) is 5.41 Å². The summed E-state index contributed by atoms with van der Waals surface area (Å²) in [5.41, 5.74) is 1.61. The fourth-order valence-corrected chi connectivity index (χ4v) is 2.47. The smallest absolute Gasteiger partial charge is 0.304 e. The highest BCUT2D eigenvalue weighted by atomic mass is 19.1. The number of halogens is 1. The molecule has 0 spiro atoms. The highest BCUT2D eigenvalue weighted by molar-refractivity contribution is 5.69. The Bertz CT molecular complexity index is 391. The third-order valence-corrected chi connectivity index (χ3v) is 3.38. The molecule has 1 saturated carbocycles. The summed E-state index contributed by atoms with van der Waals surface area (Å²) < 4.78 is 13.0. The van der Waals surface area contributed by atoms with Gasteiger partial charge >= 0.3 is 5.97 Å². The molecular weight excluding hydrogens is 207 g/mol. The quantitative estimate of drug-likeness (QED) is 0.853. The van der Waals surface area contributed by atoms with Crippen molar-refractivity contribution in [2.45, 2.75) is 37.8 Å². The molecule has 0 heterocycles. The Labute approximate surface area is 94.1 Å². The third kappa shape index (κ3) is 1.94. The van der Waals surface area contributed by atoms with Crippen molar-refractivity contribution in [3.8, 4) is 0 Å². The van der Waals surface area contributed by atoms with E-state index >= 15 is 0 Å². The minimum absolute atomic E-state index is 0.0243. The summed E-state index contributed by atoms with van der Waals surface area (Å²) in [6, 6.07) is 7.74. The largest absolute Gasteiger partial charge is 0.481 e. The Hall–Kier alpha value is -1.38. The molecule has 2 rings (SSSR count). The van der Waals surface area contributed by atoms with Crippen molar-refractivity contribution in [2.24, 2.45) is 0 Å². The average molecular weight is 222 g/mol. The van der Waals surface area contributed by atoms with E-state index < -0.39 is 17.6 Å². The number of carbonyl (C=O) groups is 1. The van der Waals surface area contributed by atoms with Gasteiger partial charge in [-0.2, -0.15) is 0 Å². The highest BCUT2D eigenvalue weighted by Crippen LogP contribution is 2.48. The summed E-state index contributed by atoms with van der Waals surface area (Å²) in [6.45, 7) is 1.98. The molecular formula is C13H15FO2. The lowest BCUT2D eigenvalue weighted by atomic mass is 9.61. The first-order valence-corrected chi connectivity index (χ1v) is 5.45. The van der Waals surface area contributed by atoms with Crippen LogP contribution in [0.25, 0.3) is 0 Å². The van der Waals surface area contributed by atoms with E-state index in [0.717, 1.165) is 11.1 Å². The number of benzene rings is 1. The molecule has 1 aromatic carbocycles. The molecule has 1 aliphatic carbocycles. The van der Waals surface area contributed by atoms with Crippen molar-refractivity contribution >= 4 is 5.97 Å². The molecule has 0 aromatic heterocycles. The van der Waals surface area contributed by atoms with Gasteiger partial charge in [-0.1, -0.05) is 29.8 Å². The number of alkyl halides is 1. The van der Waals surface area contributed by atoms with Crippen molar-refractivity contribution in [1.82, 2.24) is 0 Å². The predicted molar refractivity (Wildman–Crippen MR) is 59.2 cm³/mol. The number of rotatable bonds is 3. The molecule has 0 radical (unpaired) electrons. The van der Waals surface area contributed by atoms with Crippen molar-refractivity contribution in [3.63, 3.8) is 0 Å². The first-order chi connectivity index (χ1) is 7.52. The molecule has 0 saturated heterocycles. The van der Waals surface area contributed by atoms with E-state index in [-0.39, 0.29) is 6.42 Å². The van der Waals surface area contributed by atoms with Crippen LogP contribution in [0.2, 0.25) is 0 Å². The van der Waals surface area contributed by atoms with E-state index in [1.807, 2.05) is 31.2 Å². The van der Waals surface area contributed by atoms with Crippen LogP contribution in [0.15, 0.2) is 24.3 Å². The molecule has 0 unspecified atom stereocenters. The van der Waals surface area contributed by atoms with Crippen molar-refractivity contribution in [2.75, 3.05) is 0 Å². The van der Waals surface area contributed by atoms with E-state index in [0.29, 0.717) is 12.8 Å². The zero-order valence-electron chi connectivity index (χ0n) is 9.24. The minimum Gasteiger partial charge on any atom is -0.481 e. The van der Waals surface area contributed by atoms with Gasteiger partial charge in [0.1, 0.15) is 6.17 Å². The van der Waals surface area contributed by atoms with Crippen LogP contribution >= 0.6 is 0 Å². The maximum Gasteiger partial charge on any atom is 0.304 e. The normalized spacial score (nSPS) is 28.5. The number of aryl methyl sites for hydroxylation is 1. The monoisotopic (exact) mass is 222 g/mol. The molecule has 0 atom stereocenters. The summed E-state index contributed by atoms with van der Waals surface area (Å²) in [7, 11) is 0. The van der Waals surface area contributed by atoms with Gasteiger partial charge in [0.25, 0.3) is 0 Å². The summed E-state index contributed by atoms with van der Waals surface area (Å²) in [5, 5.41) is 8.89. The van der Waals surface area contributed by atoms with Crippen LogP contribution in [0.5, 0.6) is 0 Å². The molecule has 1 aliphatic rings. The molecule has 2 nitrogen and oxygen atoms in total. The summed E-state index contributed by atoms with van der Waals surface area (Å²) >= 11 is 0. The zero-order chi connectivity index (χ0) is 11.8. The fourth-order valence-electron chi connectivity index (χ4n) is 2.47. The van der Waals surface area contributed by atoms with Gasteiger partial charge in [-0.05, 0) is 25.3 Å². The molecule has 0 aliphatic heterocycles. The third-order valence-electron chi connectivity index (χ3n) is 3.38. The van der Waals surface area contributed by atoms with Gasteiger partial charge in [-0.3, -0.25) is 4.79 Å². The summed E-state index contributed by atoms with van der Waals surface area (Å²) in [4.78, 5) is 10.8. The van der Waals surface area contributed by atoms with Crippen molar-refractivity contribution < 1.29 is 14.3 Å². The lowest BCUT2D eigenvalue weighted by molar-refractivity contribution is -0.140. The molecule has 0 amide bonds. The van der Waals surface area contributed by atoms with Crippen LogP contribution in [0.4, 0.5) is 4.39 Å². The van der Waals surface area contributed by atoms with Crippen LogP contribution in [0.3, 0.4) is 0 Å². The highest BCUT2D eigenvalue weighted by Gasteiger charge is 2.47. The van der Waals surface area contributed by atoms with Crippen LogP contribution in [0, 0.1) is 6.92 Å². The SMILES string of the molecule is Cc1ccc(C2(CC(=O)O)CC(F)C2)cc1. The Balaban J connectivity index is 2.26. The topological polar surface area (TPSA) is 37.3 Å². The standard InChI is InChI=1S/C13H15FO2/c1-9-2-4-10(5-3-9)13(8-12(15)16)6-11(14)7-13/h2-5,11H,6-8H2,1H3,(H,15,16). The van der Waals surface area contributed by atoms with Gasteiger partial charge in [-0.25, -0.2) is 4.39 Å². The maximum atomic E-state index is 13.0.